The molecule has 0 bridgehead atoms. The van der Waals surface area contributed by atoms with Crippen molar-refractivity contribution in [1.29, 1.82) is 0 Å². The Morgan fingerprint density at radius 2 is 2.22 bits per heavy atom. The highest BCUT2D eigenvalue weighted by atomic mass is 35.5. The van der Waals surface area contributed by atoms with E-state index in [1.807, 2.05) is 5.38 Å². The monoisotopic (exact) mass is 289 g/mol. The molecule has 0 saturated heterocycles. The smallest absolute Gasteiger partial charge is 0.243 e. The Kier molecular flexibility index (Phi) is 6.60. The van der Waals surface area contributed by atoms with E-state index in [2.05, 4.69) is 10.3 Å². The van der Waals surface area contributed by atoms with Crippen LogP contribution in [0, 0.1) is 5.92 Å². The molecular formula is C12H20ClN3OS. The summed E-state index contributed by atoms with van der Waals surface area (Å²) in [6.45, 7) is 0. The van der Waals surface area contributed by atoms with Crippen molar-refractivity contribution in [2.75, 3.05) is 5.32 Å². The van der Waals surface area contributed by atoms with E-state index in [1.165, 1.54) is 43.4 Å². The zero-order valence-corrected chi connectivity index (χ0v) is 11.9. The minimum absolute atomic E-state index is 0. The van der Waals surface area contributed by atoms with E-state index < -0.39 is 6.04 Å². The van der Waals surface area contributed by atoms with Crippen LogP contribution in [0.15, 0.2) is 11.6 Å². The predicted molar refractivity (Wildman–Crippen MR) is 77.2 cm³/mol. The largest absolute Gasteiger partial charge is 0.320 e. The van der Waals surface area contributed by atoms with Gasteiger partial charge in [0, 0.05) is 11.6 Å². The maximum Gasteiger partial charge on any atom is 0.243 e. The molecule has 1 aliphatic carbocycles. The number of carbonyl (C=O) groups is 1. The molecule has 2 rings (SSSR count). The zero-order chi connectivity index (χ0) is 12.1. The highest BCUT2D eigenvalue weighted by Gasteiger charge is 2.21. The van der Waals surface area contributed by atoms with Crippen LogP contribution >= 0.6 is 23.7 Å². The first-order valence-corrected chi connectivity index (χ1v) is 7.09. The van der Waals surface area contributed by atoms with Crippen molar-refractivity contribution in [2.24, 2.45) is 11.7 Å². The van der Waals surface area contributed by atoms with Crippen molar-refractivity contribution in [2.45, 2.75) is 44.6 Å². The molecule has 0 aliphatic heterocycles. The van der Waals surface area contributed by atoms with Crippen LogP contribution in [-0.4, -0.2) is 16.9 Å². The molecule has 0 spiro atoms. The molecule has 4 nitrogen and oxygen atoms in total. The number of halogens is 1. The van der Waals surface area contributed by atoms with Gasteiger partial charge in [-0.3, -0.25) is 4.79 Å². The standard InChI is InChI=1S/C12H19N3OS.ClH/c13-10(8-9-4-2-1-3-5-9)11(16)15-12-14-6-7-17-12;/h6-7,9-10H,1-5,8,13H2,(H,14,15,16);1H. The fourth-order valence-electron chi connectivity index (χ4n) is 2.37. The van der Waals surface area contributed by atoms with Crippen LogP contribution < -0.4 is 11.1 Å². The highest BCUT2D eigenvalue weighted by Crippen LogP contribution is 2.27. The molecule has 1 heterocycles. The van der Waals surface area contributed by atoms with Gasteiger partial charge < -0.3 is 11.1 Å². The summed E-state index contributed by atoms with van der Waals surface area (Å²) >= 11 is 1.42. The van der Waals surface area contributed by atoms with Crippen molar-refractivity contribution in [3.63, 3.8) is 0 Å². The summed E-state index contributed by atoms with van der Waals surface area (Å²) in [4.78, 5) is 15.8. The normalized spacial score (nSPS) is 17.8. The van der Waals surface area contributed by atoms with Gasteiger partial charge in [0.15, 0.2) is 5.13 Å². The zero-order valence-electron chi connectivity index (χ0n) is 10.3. The molecule has 1 aromatic rings. The lowest BCUT2D eigenvalue weighted by Crippen LogP contribution is -2.37. The summed E-state index contributed by atoms with van der Waals surface area (Å²) in [5.74, 6) is 0.520. The fraction of sp³-hybridized carbons (Fsp3) is 0.667. The Hall–Kier alpha value is -0.650. The average Bonchev–Trinajstić information content (AvgIpc) is 2.83. The lowest BCUT2D eigenvalue weighted by molar-refractivity contribution is -0.117. The first-order chi connectivity index (χ1) is 8.25. The van der Waals surface area contributed by atoms with Crippen molar-refractivity contribution in [1.82, 2.24) is 4.98 Å². The van der Waals surface area contributed by atoms with Gasteiger partial charge in [-0.05, 0) is 12.3 Å². The first kappa shape index (κ1) is 15.4. The molecule has 3 N–H and O–H groups in total. The third kappa shape index (κ3) is 4.55. The van der Waals surface area contributed by atoms with E-state index in [0.29, 0.717) is 11.0 Å². The molecule has 1 amide bonds. The Balaban J connectivity index is 0.00000162. The average molecular weight is 290 g/mol. The highest BCUT2D eigenvalue weighted by molar-refractivity contribution is 7.13. The molecule has 6 heteroatoms. The summed E-state index contributed by atoms with van der Waals surface area (Å²) in [5.41, 5.74) is 5.93. The number of thiazole rings is 1. The summed E-state index contributed by atoms with van der Waals surface area (Å²) < 4.78 is 0. The molecule has 1 aliphatic rings. The van der Waals surface area contributed by atoms with Gasteiger partial charge in [0.05, 0.1) is 6.04 Å². The topological polar surface area (TPSA) is 68.0 Å². The molecule has 1 fully saturated rings. The second kappa shape index (κ2) is 7.71. The van der Waals surface area contributed by atoms with Crippen LogP contribution in [0.3, 0.4) is 0 Å². The Labute approximate surface area is 118 Å². The van der Waals surface area contributed by atoms with E-state index in [9.17, 15) is 4.79 Å². The molecule has 1 unspecified atom stereocenters. The summed E-state index contributed by atoms with van der Waals surface area (Å²) in [5, 5.41) is 5.22. The van der Waals surface area contributed by atoms with Gasteiger partial charge in [-0.1, -0.05) is 32.1 Å². The summed E-state index contributed by atoms with van der Waals surface area (Å²) in [6.07, 6.45) is 8.81. The number of carbonyl (C=O) groups excluding carboxylic acids is 1. The minimum atomic E-state index is -0.401. The minimum Gasteiger partial charge on any atom is -0.320 e. The van der Waals surface area contributed by atoms with Crippen molar-refractivity contribution < 1.29 is 4.79 Å². The molecule has 0 radical (unpaired) electrons. The van der Waals surface area contributed by atoms with Crippen LogP contribution in [0.1, 0.15) is 38.5 Å². The van der Waals surface area contributed by atoms with Gasteiger partial charge in [0.1, 0.15) is 0 Å². The molecule has 1 aromatic heterocycles. The number of nitrogens with zero attached hydrogens (tertiary/aromatic N) is 1. The number of hydrogen-bond donors (Lipinski definition) is 2. The SMILES string of the molecule is Cl.NC(CC1CCCCC1)C(=O)Nc1nccs1. The van der Waals surface area contributed by atoms with Gasteiger partial charge >= 0.3 is 0 Å². The molecule has 18 heavy (non-hydrogen) atoms. The number of aromatic nitrogens is 1. The number of amides is 1. The maximum absolute atomic E-state index is 11.8. The Morgan fingerprint density at radius 3 is 2.83 bits per heavy atom. The fourth-order valence-corrected chi connectivity index (χ4v) is 2.90. The van der Waals surface area contributed by atoms with Crippen molar-refractivity contribution in [3.05, 3.63) is 11.6 Å². The van der Waals surface area contributed by atoms with E-state index in [4.69, 9.17) is 5.73 Å². The maximum atomic E-state index is 11.8. The number of anilines is 1. The summed E-state index contributed by atoms with van der Waals surface area (Å²) in [6, 6.07) is -0.401. The van der Waals surface area contributed by atoms with Crippen LogP contribution in [0.4, 0.5) is 5.13 Å². The van der Waals surface area contributed by atoms with Crippen LogP contribution in [0.5, 0.6) is 0 Å². The van der Waals surface area contributed by atoms with Crippen molar-refractivity contribution >= 4 is 34.8 Å². The van der Waals surface area contributed by atoms with E-state index in [1.54, 1.807) is 6.20 Å². The van der Waals surface area contributed by atoms with Crippen LogP contribution in [-0.2, 0) is 4.79 Å². The van der Waals surface area contributed by atoms with Crippen molar-refractivity contribution in [3.8, 4) is 0 Å². The third-order valence-corrected chi connectivity index (χ3v) is 4.00. The number of hydrogen-bond acceptors (Lipinski definition) is 4. The van der Waals surface area contributed by atoms with E-state index >= 15 is 0 Å². The predicted octanol–water partition coefficient (Wildman–Crippen LogP) is 2.80. The molecular weight excluding hydrogens is 270 g/mol. The van der Waals surface area contributed by atoms with Gasteiger partial charge in [-0.15, -0.1) is 23.7 Å². The number of nitrogens with one attached hydrogen (secondary N) is 1. The molecule has 1 atom stereocenters. The molecule has 0 aromatic carbocycles. The van der Waals surface area contributed by atoms with Gasteiger partial charge in [0.2, 0.25) is 5.91 Å². The molecule has 102 valence electrons. The van der Waals surface area contributed by atoms with Gasteiger partial charge in [-0.25, -0.2) is 4.98 Å². The van der Waals surface area contributed by atoms with E-state index in [-0.39, 0.29) is 18.3 Å². The second-order valence-electron chi connectivity index (χ2n) is 4.67. The van der Waals surface area contributed by atoms with E-state index in [0.717, 1.165) is 6.42 Å². The quantitative estimate of drug-likeness (QED) is 0.895. The number of nitrogens with two attached hydrogens (primary N) is 1. The van der Waals surface area contributed by atoms with Crippen LogP contribution in [0.2, 0.25) is 0 Å². The second-order valence-corrected chi connectivity index (χ2v) is 5.57. The Bertz CT molecular complexity index is 352. The lowest BCUT2D eigenvalue weighted by atomic mass is 9.85. The number of rotatable bonds is 4. The molecule has 1 saturated carbocycles. The lowest BCUT2D eigenvalue weighted by Gasteiger charge is -2.23. The summed E-state index contributed by atoms with van der Waals surface area (Å²) in [7, 11) is 0. The third-order valence-electron chi connectivity index (χ3n) is 3.31. The Morgan fingerprint density at radius 1 is 1.50 bits per heavy atom. The van der Waals surface area contributed by atoms with Gasteiger partial charge in [0.25, 0.3) is 0 Å². The van der Waals surface area contributed by atoms with Gasteiger partial charge in [-0.2, -0.15) is 0 Å². The first-order valence-electron chi connectivity index (χ1n) is 6.21. The van der Waals surface area contributed by atoms with Crippen LogP contribution in [0.25, 0.3) is 0 Å².